The monoisotopic (exact) mass is 224 g/mol. The molecule has 0 aromatic carbocycles. The summed E-state index contributed by atoms with van der Waals surface area (Å²) in [4.78, 5) is 0. The predicted octanol–water partition coefficient (Wildman–Crippen LogP) is 2.07. The highest BCUT2D eigenvalue weighted by atomic mass is 16.5. The summed E-state index contributed by atoms with van der Waals surface area (Å²) in [6, 6.07) is 0. The lowest BCUT2D eigenvalue weighted by Gasteiger charge is -2.20. The zero-order valence-electron chi connectivity index (χ0n) is 10.2. The fraction of sp³-hybridized carbons (Fsp3) is 0.750. The first-order valence-electron chi connectivity index (χ1n) is 5.82. The molecule has 1 aromatic heterocycles. The lowest BCUT2D eigenvalue weighted by atomic mass is 10.0. The number of aromatic nitrogens is 1. The molecule has 2 rings (SSSR count). The van der Waals surface area contributed by atoms with Crippen LogP contribution in [0.1, 0.15) is 44.4 Å². The number of nitrogens with one attached hydrogen (secondary N) is 1. The molecule has 1 N–H and O–H groups in total. The average Bonchev–Trinajstić information content (AvgIpc) is 2.84. The molecule has 0 aliphatic carbocycles. The van der Waals surface area contributed by atoms with Crippen LogP contribution in [0.4, 0.5) is 0 Å². The molecule has 4 nitrogen and oxygen atoms in total. The third-order valence-corrected chi connectivity index (χ3v) is 2.79. The molecule has 1 fully saturated rings. The average molecular weight is 224 g/mol. The number of hydrogen-bond donors (Lipinski definition) is 1. The van der Waals surface area contributed by atoms with E-state index in [0.717, 1.165) is 37.5 Å². The molecular weight excluding hydrogens is 204 g/mol. The Labute approximate surface area is 96.3 Å². The van der Waals surface area contributed by atoms with E-state index in [9.17, 15) is 0 Å². The Hall–Kier alpha value is -0.870. The van der Waals surface area contributed by atoms with Crippen LogP contribution in [0.3, 0.4) is 0 Å². The highest BCUT2D eigenvalue weighted by molar-refractivity contribution is 5.18. The van der Waals surface area contributed by atoms with Gasteiger partial charge < -0.3 is 14.6 Å². The quantitative estimate of drug-likeness (QED) is 0.853. The van der Waals surface area contributed by atoms with Crippen molar-refractivity contribution in [3.63, 3.8) is 0 Å². The molecule has 1 unspecified atom stereocenters. The SMILES string of the molecule is CC(C)(C)NCc1cnoc1C1CCOC1. The van der Waals surface area contributed by atoms with Crippen molar-refractivity contribution in [1.29, 1.82) is 0 Å². The van der Waals surface area contributed by atoms with Gasteiger partial charge in [-0.3, -0.25) is 0 Å². The van der Waals surface area contributed by atoms with E-state index in [-0.39, 0.29) is 5.54 Å². The number of rotatable bonds is 3. The van der Waals surface area contributed by atoms with Gasteiger partial charge in [-0.2, -0.15) is 0 Å². The van der Waals surface area contributed by atoms with E-state index in [2.05, 4.69) is 31.2 Å². The van der Waals surface area contributed by atoms with Crippen molar-refractivity contribution in [2.75, 3.05) is 13.2 Å². The Bertz CT molecular complexity index is 335. The Morgan fingerprint density at radius 1 is 1.50 bits per heavy atom. The van der Waals surface area contributed by atoms with Gasteiger partial charge in [0.05, 0.1) is 12.8 Å². The highest BCUT2D eigenvalue weighted by Gasteiger charge is 2.25. The van der Waals surface area contributed by atoms with Crippen molar-refractivity contribution in [2.45, 2.75) is 45.2 Å². The summed E-state index contributed by atoms with van der Waals surface area (Å²) in [6.45, 7) is 8.85. The first kappa shape index (κ1) is 11.6. The molecule has 0 bridgehead atoms. The van der Waals surface area contributed by atoms with Crippen LogP contribution in [-0.4, -0.2) is 23.9 Å². The van der Waals surface area contributed by atoms with Crippen molar-refractivity contribution >= 4 is 0 Å². The Morgan fingerprint density at radius 2 is 2.31 bits per heavy atom. The topological polar surface area (TPSA) is 47.3 Å². The van der Waals surface area contributed by atoms with Gasteiger partial charge in [-0.1, -0.05) is 5.16 Å². The van der Waals surface area contributed by atoms with E-state index in [1.54, 1.807) is 0 Å². The zero-order chi connectivity index (χ0) is 11.6. The van der Waals surface area contributed by atoms with Crippen LogP contribution >= 0.6 is 0 Å². The Kier molecular flexibility index (Phi) is 3.30. The van der Waals surface area contributed by atoms with E-state index in [4.69, 9.17) is 9.26 Å². The summed E-state index contributed by atoms with van der Waals surface area (Å²) in [5.41, 5.74) is 1.27. The molecule has 16 heavy (non-hydrogen) atoms. The van der Waals surface area contributed by atoms with Crippen LogP contribution in [0.5, 0.6) is 0 Å². The molecule has 90 valence electrons. The molecule has 1 aliphatic heterocycles. The van der Waals surface area contributed by atoms with Gasteiger partial charge in [0.1, 0.15) is 5.76 Å². The van der Waals surface area contributed by atoms with Gasteiger partial charge in [-0.05, 0) is 27.2 Å². The predicted molar refractivity (Wildman–Crippen MR) is 61.3 cm³/mol. The normalized spacial score (nSPS) is 21.6. The van der Waals surface area contributed by atoms with Crippen LogP contribution in [0.15, 0.2) is 10.7 Å². The van der Waals surface area contributed by atoms with Gasteiger partial charge in [0.2, 0.25) is 0 Å². The van der Waals surface area contributed by atoms with E-state index < -0.39 is 0 Å². The molecule has 1 aromatic rings. The Balaban J connectivity index is 2.01. The maximum Gasteiger partial charge on any atom is 0.146 e. The maximum atomic E-state index is 5.37. The summed E-state index contributed by atoms with van der Waals surface area (Å²) >= 11 is 0. The lowest BCUT2D eigenvalue weighted by molar-refractivity contribution is 0.189. The van der Waals surface area contributed by atoms with Gasteiger partial charge in [0.15, 0.2) is 0 Å². The molecule has 2 heterocycles. The zero-order valence-corrected chi connectivity index (χ0v) is 10.2. The molecule has 1 saturated heterocycles. The van der Waals surface area contributed by atoms with E-state index in [1.165, 1.54) is 0 Å². The van der Waals surface area contributed by atoms with Gasteiger partial charge in [0.25, 0.3) is 0 Å². The summed E-state index contributed by atoms with van der Waals surface area (Å²) in [7, 11) is 0. The summed E-state index contributed by atoms with van der Waals surface area (Å²) in [5.74, 6) is 1.38. The van der Waals surface area contributed by atoms with Gasteiger partial charge >= 0.3 is 0 Å². The van der Waals surface area contributed by atoms with Crippen molar-refractivity contribution in [1.82, 2.24) is 10.5 Å². The van der Waals surface area contributed by atoms with Crippen LogP contribution < -0.4 is 5.32 Å². The minimum absolute atomic E-state index is 0.112. The minimum Gasteiger partial charge on any atom is -0.381 e. The first-order valence-corrected chi connectivity index (χ1v) is 5.82. The first-order chi connectivity index (χ1) is 7.56. The maximum absolute atomic E-state index is 5.37. The highest BCUT2D eigenvalue weighted by Crippen LogP contribution is 2.27. The third-order valence-electron chi connectivity index (χ3n) is 2.79. The van der Waals surface area contributed by atoms with Crippen molar-refractivity contribution in [3.05, 3.63) is 17.5 Å². The van der Waals surface area contributed by atoms with Crippen molar-refractivity contribution in [2.24, 2.45) is 0 Å². The van der Waals surface area contributed by atoms with E-state index in [0.29, 0.717) is 5.92 Å². The number of ether oxygens (including phenoxy) is 1. The second-order valence-electron chi connectivity index (χ2n) is 5.38. The summed E-state index contributed by atoms with van der Waals surface area (Å²) in [6.07, 6.45) is 2.85. The molecule has 1 aliphatic rings. The Morgan fingerprint density at radius 3 is 2.94 bits per heavy atom. The standard InChI is InChI=1S/C12H20N2O2/c1-12(2,3)13-6-10-7-14-16-11(10)9-4-5-15-8-9/h7,9,13H,4-6,8H2,1-3H3. The van der Waals surface area contributed by atoms with Gasteiger partial charge in [-0.15, -0.1) is 0 Å². The second-order valence-corrected chi connectivity index (χ2v) is 5.38. The molecule has 0 amide bonds. The van der Waals surface area contributed by atoms with Crippen LogP contribution in [0.2, 0.25) is 0 Å². The second kappa shape index (κ2) is 4.55. The minimum atomic E-state index is 0.112. The van der Waals surface area contributed by atoms with Crippen LogP contribution in [0.25, 0.3) is 0 Å². The van der Waals surface area contributed by atoms with Crippen LogP contribution in [-0.2, 0) is 11.3 Å². The van der Waals surface area contributed by atoms with E-state index in [1.807, 2.05) is 6.20 Å². The van der Waals surface area contributed by atoms with E-state index >= 15 is 0 Å². The van der Waals surface area contributed by atoms with Crippen molar-refractivity contribution in [3.8, 4) is 0 Å². The van der Waals surface area contributed by atoms with Crippen LogP contribution in [0, 0.1) is 0 Å². The molecule has 4 heteroatoms. The molecular formula is C12H20N2O2. The number of hydrogen-bond acceptors (Lipinski definition) is 4. The third kappa shape index (κ3) is 2.83. The molecule has 0 saturated carbocycles. The molecule has 0 spiro atoms. The molecule has 0 radical (unpaired) electrons. The number of nitrogens with zero attached hydrogens (tertiary/aromatic N) is 1. The fourth-order valence-corrected chi connectivity index (χ4v) is 1.84. The van der Waals surface area contributed by atoms with Gasteiger partial charge in [-0.25, -0.2) is 0 Å². The fourth-order valence-electron chi connectivity index (χ4n) is 1.84. The largest absolute Gasteiger partial charge is 0.381 e. The molecule has 1 atom stereocenters. The van der Waals surface area contributed by atoms with Crippen molar-refractivity contribution < 1.29 is 9.26 Å². The summed E-state index contributed by atoms with van der Waals surface area (Å²) in [5, 5.41) is 7.34. The smallest absolute Gasteiger partial charge is 0.146 e. The van der Waals surface area contributed by atoms with Gasteiger partial charge in [0, 0.05) is 30.2 Å². The lowest BCUT2D eigenvalue weighted by Crippen LogP contribution is -2.35. The summed E-state index contributed by atoms with van der Waals surface area (Å²) < 4.78 is 10.7.